The molecule has 1 atom stereocenters. The van der Waals surface area contributed by atoms with Crippen molar-refractivity contribution in [1.82, 2.24) is 4.90 Å². The summed E-state index contributed by atoms with van der Waals surface area (Å²) in [6.07, 6.45) is 0. The van der Waals surface area contributed by atoms with E-state index in [1.165, 1.54) is 7.11 Å². The maximum Gasteiger partial charge on any atom is 0.258 e. The molecule has 1 aliphatic heterocycles. The van der Waals surface area contributed by atoms with Crippen molar-refractivity contribution >= 4 is 29.1 Å². The number of amides is 1. The Kier molecular flexibility index (Phi) is 4.91. The largest absolute Gasteiger partial charge is 0.496 e. The molecule has 1 saturated heterocycles. The van der Waals surface area contributed by atoms with Crippen LogP contribution in [0, 0.1) is 0 Å². The molecule has 0 saturated carbocycles. The highest BCUT2D eigenvalue weighted by Gasteiger charge is 2.29. The van der Waals surface area contributed by atoms with E-state index in [1.807, 2.05) is 0 Å². The van der Waals surface area contributed by atoms with Gasteiger partial charge in [0.2, 0.25) is 0 Å². The summed E-state index contributed by atoms with van der Waals surface area (Å²) in [6, 6.07) is 4.87. The highest BCUT2D eigenvalue weighted by Crippen LogP contribution is 2.25. The van der Waals surface area contributed by atoms with E-state index >= 15 is 0 Å². The minimum Gasteiger partial charge on any atom is -0.496 e. The minimum atomic E-state index is -0.109. The minimum absolute atomic E-state index is 0.108. The number of hydrogen-bond acceptors (Lipinski definition) is 3. The fraction of sp³-hybridized carbons (Fsp3) is 0.462. The van der Waals surface area contributed by atoms with Gasteiger partial charge in [-0.05, 0) is 18.2 Å². The summed E-state index contributed by atoms with van der Waals surface area (Å²) in [7, 11) is 1.51. The van der Waals surface area contributed by atoms with Gasteiger partial charge in [-0.2, -0.15) is 0 Å². The van der Waals surface area contributed by atoms with E-state index in [0.717, 1.165) is 0 Å². The molecule has 19 heavy (non-hydrogen) atoms. The van der Waals surface area contributed by atoms with Gasteiger partial charge in [0.1, 0.15) is 5.75 Å². The van der Waals surface area contributed by atoms with Crippen molar-refractivity contribution < 1.29 is 14.3 Å². The van der Waals surface area contributed by atoms with Crippen LogP contribution in [0.2, 0.25) is 5.02 Å². The van der Waals surface area contributed by atoms with E-state index in [0.29, 0.717) is 42.0 Å². The van der Waals surface area contributed by atoms with Crippen LogP contribution >= 0.6 is 23.2 Å². The molecular formula is C13H15Cl2NO3. The number of hydrogen-bond donors (Lipinski definition) is 0. The Balaban J connectivity index is 2.27. The summed E-state index contributed by atoms with van der Waals surface area (Å²) >= 11 is 11.8. The molecule has 0 radical (unpaired) electrons. The van der Waals surface area contributed by atoms with Gasteiger partial charge in [0.05, 0.1) is 31.9 Å². The Bertz CT molecular complexity index is 467. The lowest BCUT2D eigenvalue weighted by atomic mass is 10.1. The second-order valence-corrected chi connectivity index (χ2v) is 4.97. The predicted octanol–water partition coefficient (Wildman–Crippen LogP) is 2.43. The van der Waals surface area contributed by atoms with E-state index in [9.17, 15) is 4.79 Å². The van der Waals surface area contributed by atoms with Gasteiger partial charge in [-0.25, -0.2) is 0 Å². The van der Waals surface area contributed by atoms with Crippen molar-refractivity contribution in [2.45, 2.75) is 6.04 Å². The van der Waals surface area contributed by atoms with E-state index in [4.69, 9.17) is 32.7 Å². The molecule has 1 heterocycles. The molecule has 1 aliphatic rings. The number of nitrogens with zero attached hydrogens (tertiary/aromatic N) is 1. The van der Waals surface area contributed by atoms with Crippen molar-refractivity contribution in [3.63, 3.8) is 0 Å². The van der Waals surface area contributed by atoms with Gasteiger partial charge in [-0.1, -0.05) is 11.6 Å². The molecule has 6 heteroatoms. The average molecular weight is 304 g/mol. The number of halogens is 2. The second-order valence-electron chi connectivity index (χ2n) is 4.23. The van der Waals surface area contributed by atoms with Gasteiger partial charge in [0.25, 0.3) is 5.91 Å². The van der Waals surface area contributed by atoms with Gasteiger partial charge in [-0.3, -0.25) is 4.79 Å². The molecule has 104 valence electrons. The lowest BCUT2D eigenvalue weighted by molar-refractivity contribution is 0.00441. The predicted molar refractivity (Wildman–Crippen MR) is 74.4 cm³/mol. The third kappa shape index (κ3) is 3.14. The van der Waals surface area contributed by atoms with Crippen molar-refractivity contribution in [2.75, 3.05) is 32.7 Å². The zero-order valence-corrected chi connectivity index (χ0v) is 12.1. The van der Waals surface area contributed by atoms with E-state index in [-0.39, 0.29) is 11.9 Å². The van der Waals surface area contributed by atoms with Crippen LogP contribution in [0.1, 0.15) is 10.4 Å². The first kappa shape index (κ1) is 14.4. The molecule has 1 amide bonds. The van der Waals surface area contributed by atoms with Crippen molar-refractivity contribution in [1.29, 1.82) is 0 Å². The Morgan fingerprint density at radius 3 is 3.05 bits per heavy atom. The molecule has 1 unspecified atom stereocenters. The summed E-state index contributed by atoms with van der Waals surface area (Å²) in [5, 5.41) is 0.532. The average Bonchev–Trinajstić information content (AvgIpc) is 2.46. The van der Waals surface area contributed by atoms with Crippen molar-refractivity contribution in [3.05, 3.63) is 28.8 Å². The zero-order valence-electron chi connectivity index (χ0n) is 10.6. The number of rotatable bonds is 3. The number of carbonyl (C=O) groups excluding carboxylic acids is 1. The summed E-state index contributed by atoms with van der Waals surface area (Å²) in [6.45, 7) is 1.52. The van der Waals surface area contributed by atoms with Gasteiger partial charge >= 0.3 is 0 Å². The van der Waals surface area contributed by atoms with E-state index in [1.54, 1.807) is 23.1 Å². The summed E-state index contributed by atoms with van der Waals surface area (Å²) in [5.74, 6) is 0.710. The smallest absolute Gasteiger partial charge is 0.258 e. The van der Waals surface area contributed by atoms with Gasteiger partial charge in [-0.15, -0.1) is 11.6 Å². The fourth-order valence-corrected chi connectivity index (χ4v) is 2.46. The standard InChI is InChI=1S/C13H15Cl2NO3/c1-18-12-6-9(15)2-3-11(12)13(17)16-4-5-19-8-10(16)7-14/h2-3,6,10H,4-5,7-8H2,1H3. The van der Waals surface area contributed by atoms with Crippen LogP contribution in [0.5, 0.6) is 5.75 Å². The van der Waals surface area contributed by atoms with Gasteiger partial charge < -0.3 is 14.4 Å². The van der Waals surface area contributed by atoms with Crippen LogP contribution < -0.4 is 4.74 Å². The molecule has 0 spiro atoms. The Morgan fingerprint density at radius 1 is 1.58 bits per heavy atom. The lowest BCUT2D eigenvalue weighted by Crippen LogP contribution is -2.49. The fourth-order valence-electron chi connectivity index (χ4n) is 2.05. The van der Waals surface area contributed by atoms with Crippen LogP contribution in [0.4, 0.5) is 0 Å². The number of benzene rings is 1. The first-order valence-electron chi connectivity index (χ1n) is 5.95. The second kappa shape index (κ2) is 6.46. The summed E-state index contributed by atoms with van der Waals surface area (Å²) < 4.78 is 10.5. The van der Waals surface area contributed by atoms with Crippen LogP contribution in [-0.2, 0) is 4.74 Å². The van der Waals surface area contributed by atoms with Crippen LogP contribution in [0.15, 0.2) is 18.2 Å². The maximum absolute atomic E-state index is 12.5. The molecular weight excluding hydrogens is 289 g/mol. The van der Waals surface area contributed by atoms with Crippen LogP contribution in [0.25, 0.3) is 0 Å². The Hall–Kier alpha value is -0.970. The highest BCUT2D eigenvalue weighted by molar-refractivity contribution is 6.30. The van der Waals surface area contributed by atoms with Crippen molar-refractivity contribution in [2.24, 2.45) is 0 Å². The first-order chi connectivity index (χ1) is 9.17. The topological polar surface area (TPSA) is 38.8 Å². The Morgan fingerprint density at radius 2 is 2.37 bits per heavy atom. The molecule has 1 aromatic carbocycles. The lowest BCUT2D eigenvalue weighted by Gasteiger charge is -2.34. The van der Waals surface area contributed by atoms with E-state index in [2.05, 4.69) is 0 Å². The molecule has 0 aliphatic carbocycles. The highest BCUT2D eigenvalue weighted by atomic mass is 35.5. The van der Waals surface area contributed by atoms with E-state index < -0.39 is 0 Å². The Labute approximate surface area is 122 Å². The molecule has 4 nitrogen and oxygen atoms in total. The molecule has 0 aromatic heterocycles. The summed E-state index contributed by atoms with van der Waals surface area (Å²) in [4.78, 5) is 14.3. The molecule has 1 aromatic rings. The SMILES string of the molecule is COc1cc(Cl)ccc1C(=O)N1CCOCC1CCl. The normalized spacial score (nSPS) is 19.3. The van der Waals surface area contributed by atoms with Gasteiger partial charge in [0, 0.05) is 17.4 Å². The quantitative estimate of drug-likeness (QED) is 0.805. The van der Waals surface area contributed by atoms with Crippen LogP contribution in [0.3, 0.4) is 0 Å². The van der Waals surface area contributed by atoms with Gasteiger partial charge in [0.15, 0.2) is 0 Å². The zero-order chi connectivity index (χ0) is 13.8. The van der Waals surface area contributed by atoms with Crippen molar-refractivity contribution in [3.8, 4) is 5.75 Å². The molecule has 2 rings (SSSR count). The number of ether oxygens (including phenoxy) is 2. The molecule has 0 N–H and O–H groups in total. The maximum atomic E-state index is 12.5. The third-order valence-corrected chi connectivity index (χ3v) is 3.65. The van der Waals surface area contributed by atoms with Crippen LogP contribution in [-0.4, -0.2) is 49.6 Å². The monoisotopic (exact) mass is 303 g/mol. The first-order valence-corrected chi connectivity index (χ1v) is 6.87. The third-order valence-electron chi connectivity index (χ3n) is 3.06. The number of methoxy groups -OCH3 is 1. The summed E-state index contributed by atoms with van der Waals surface area (Å²) in [5.41, 5.74) is 0.490. The number of alkyl halides is 1. The number of morpholine rings is 1. The molecule has 0 bridgehead atoms. The number of carbonyl (C=O) groups is 1. The molecule has 1 fully saturated rings.